The molecule has 0 amide bonds. The van der Waals surface area contributed by atoms with Crippen LogP contribution in [0.5, 0.6) is 0 Å². The van der Waals surface area contributed by atoms with Gasteiger partial charge >= 0.3 is 0 Å². The third-order valence-corrected chi connectivity index (χ3v) is 2.76. The van der Waals surface area contributed by atoms with Crippen LogP contribution in [0.2, 0.25) is 0 Å². The molecule has 2 rings (SSSR count). The number of allylic oxidation sites excluding steroid dienone is 1. The van der Waals surface area contributed by atoms with E-state index in [0.29, 0.717) is 0 Å². The van der Waals surface area contributed by atoms with Crippen molar-refractivity contribution in [1.82, 2.24) is 0 Å². The van der Waals surface area contributed by atoms with Gasteiger partial charge in [-0.2, -0.15) is 0 Å². The molecule has 0 aliphatic heterocycles. The highest BCUT2D eigenvalue weighted by Crippen LogP contribution is 2.24. The largest absolute Gasteiger partial charge is 0.269 e. The summed E-state index contributed by atoms with van der Waals surface area (Å²) in [4.78, 5) is 10.2. The SMILES string of the molecule is C/C=C(/c1ccccc1)c1ccc([N+](=O)[O-])cc1. The summed E-state index contributed by atoms with van der Waals surface area (Å²) in [5.41, 5.74) is 3.27. The fraction of sp³-hybridized carbons (Fsp3) is 0.0667. The van der Waals surface area contributed by atoms with E-state index < -0.39 is 0 Å². The lowest BCUT2D eigenvalue weighted by Gasteiger charge is -2.07. The Morgan fingerprint density at radius 1 is 1.00 bits per heavy atom. The smallest absolute Gasteiger partial charge is 0.258 e. The van der Waals surface area contributed by atoms with E-state index in [1.807, 2.05) is 43.3 Å². The summed E-state index contributed by atoms with van der Waals surface area (Å²) in [5.74, 6) is 0. The lowest BCUT2D eigenvalue weighted by molar-refractivity contribution is -0.384. The van der Waals surface area contributed by atoms with Crippen LogP contribution in [0.3, 0.4) is 0 Å². The van der Waals surface area contributed by atoms with E-state index in [1.54, 1.807) is 12.1 Å². The second kappa shape index (κ2) is 5.27. The molecule has 0 aliphatic rings. The standard InChI is InChI=1S/C15H13NO2/c1-2-15(12-6-4-3-5-7-12)13-8-10-14(11-9-13)16(17)18/h2-11H,1H3/b15-2-. The van der Waals surface area contributed by atoms with Gasteiger partial charge in [0, 0.05) is 12.1 Å². The van der Waals surface area contributed by atoms with Gasteiger partial charge in [0.15, 0.2) is 0 Å². The van der Waals surface area contributed by atoms with Gasteiger partial charge in [0.25, 0.3) is 5.69 Å². The second-order valence-corrected chi connectivity index (χ2v) is 3.87. The quantitative estimate of drug-likeness (QED) is 0.599. The summed E-state index contributed by atoms with van der Waals surface area (Å²) < 4.78 is 0. The molecular formula is C15H13NO2. The highest BCUT2D eigenvalue weighted by Gasteiger charge is 2.07. The lowest BCUT2D eigenvalue weighted by atomic mass is 9.98. The first-order valence-electron chi connectivity index (χ1n) is 5.69. The molecule has 0 N–H and O–H groups in total. The van der Waals surface area contributed by atoms with E-state index >= 15 is 0 Å². The number of hydrogen-bond donors (Lipinski definition) is 0. The maximum atomic E-state index is 10.6. The predicted molar refractivity (Wildman–Crippen MR) is 72.3 cm³/mol. The minimum Gasteiger partial charge on any atom is -0.258 e. The minimum absolute atomic E-state index is 0.113. The molecule has 3 heteroatoms. The van der Waals surface area contributed by atoms with Crippen LogP contribution >= 0.6 is 0 Å². The fourth-order valence-corrected chi connectivity index (χ4v) is 1.88. The Kier molecular flexibility index (Phi) is 3.53. The molecular weight excluding hydrogens is 226 g/mol. The number of rotatable bonds is 3. The molecule has 0 bridgehead atoms. The van der Waals surface area contributed by atoms with Crippen molar-refractivity contribution in [2.45, 2.75) is 6.92 Å². The third-order valence-electron chi connectivity index (χ3n) is 2.76. The monoisotopic (exact) mass is 239 g/mol. The molecule has 0 atom stereocenters. The van der Waals surface area contributed by atoms with Gasteiger partial charge in [0.1, 0.15) is 0 Å². The van der Waals surface area contributed by atoms with Gasteiger partial charge in [-0.1, -0.05) is 36.4 Å². The van der Waals surface area contributed by atoms with Crippen LogP contribution in [0.1, 0.15) is 18.1 Å². The van der Waals surface area contributed by atoms with Crippen LogP contribution in [-0.2, 0) is 0 Å². The lowest BCUT2D eigenvalue weighted by Crippen LogP contribution is -1.90. The normalized spacial score (nSPS) is 11.3. The maximum absolute atomic E-state index is 10.6. The van der Waals surface area contributed by atoms with E-state index in [9.17, 15) is 10.1 Å². The van der Waals surface area contributed by atoms with Crippen molar-refractivity contribution >= 4 is 11.3 Å². The molecule has 18 heavy (non-hydrogen) atoms. The van der Waals surface area contributed by atoms with E-state index in [1.165, 1.54) is 12.1 Å². The topological polar surface area (TPSA) is 43.1 Å². The third kappa shape index (κ3) is 2.46. The zero-order chi connectivity index (χ0) is 13.0. The van der Waals surface area contributed by atoms with Gasteiger partial charge < -0.3 is 0 Å². The maximum Gasteiger partial charge on any atom is 0.269 e. The average Bonchev–Trinajstić information content (AvgIpc) is 2.41. The number of nitro groups is 1. The molecule has 0 fully saturated rings. The van der Waals surface area contributed by atoms with Crippen molar-refractivity contribution in [3.63, 3.8) is 0 Å². The summed E-state index contributed by atoms with van der Waals surface area (Å²) >= 11 is 0. The molecule has 0 spiro atoms. The first-order valence-corrected chi connectivity index (χ1v) is 5.69. The number of nitro benzene ring substituents is 1. The molecule has 90 valence electrons. The highest BCUT2D eigenvalue weighted by molar-refractivity contribution is 5.79. The summed E-state index contributed by atoms with van der Waals surface area (Å²) in [7, 11) is 0. The number of benzene rings is 2. The van der Waals surface area contributed by atoms with Crippen LogP contribution in [0.4, 0.5) is 5.69 Å². The molecule has 2 aromatic rings. The van der Waals surface area contributed by atoms with Crippen molar-refractivity contribution in [3.05, 3.63) is 81.9 Å². The second-order valence-electron chi connectivity index (χ2n) is 3.87. The number of hydrogen-bond acceptors (Lipinski definition) is 2. The fourth-order valence-electron chi connectivity index (χ4n) is 1.88. The zero-order valence-corrected chi connectivity index (χ0v) is 10.0. The summed E-state index contributed by atoms with van der Waals surface area (Å²) in [6, 6.07) is 16.6. The molecule has 0 radical (unpaired) electrons. The van der Waals surface area contributed by atoms with Gasteiger partial charge in [0.2, 0.25) is 0 Å². The van der Waals surface area contributed by atoms with E-state index in [-0.39, 0.29) is 10.6 Å². The molecule has 3 nitrogen and oxygen atoms in total. The Bertz CT molecular complexity index is 571. The van der Waals surface area contributed by atoms with Gasteiger partial charge in [0.05, 0.1) is 4.92 Å². The van der Waals surface area contributed by atoms with Crippen molar-refractivity contribution < 1.29 is 4.92 Å². The van der Waals surface area contributed by atoms with E-state index in [0.717, 1.165) is 16.7 Å². The van der Waals surface area contributed by atoms with Crippen LogP contribution in [0.15, 0.2) is 60.7 Å². The molecule has 0 heterocycles. The Morgan fingerprint density at radius 2 is 1.56 bits per heavy atom. The van der Waals surface area contributed by atoms with Crippen LogP contribution < -0.4 is 0 Å². The van der Waals surface area contributed by atoms with Crippen LogP contribution in [0, 0.1) is 10.1 Å². The van der Waals surface area contributed by atoms with Gasteiger partial charge in [-0.15, -0.1) is 0 Å². The van der Waals surface area contributed by atoms with Gasteiger partial charge in [-0.25, -0.2) is 0 Å². The van der Waals surface area contributed by atoms with Crippen molar-refractivity contribution in [3.8, 4) is 0 Å². The van der Waals surface area contributed by atoms with Crippen LogP contribution in [0.25, 0.3) is 5.57 Å². The zero-order valence-electron chi connectivity index (χ0n) is 10.0. The molecule has 2 aromatic carbocycles. The average molecular weight is 239 g/mol. The van der Waals surface area contributed by atoms with E-state index in [2.05, 4.69) is 0 Å². The van der Waals surface area contributed by atoms with E-state index in [4.69, 9.17) is 0 Å². The molecule has 0 unspecified atom stereocenters. The van der Waals surface area contributed by atoms with Crippen LogP contribution in [-0.4, -0.2) is 4.92 Å². The highest BCUT2D eigenvalue weighted by atomic mass is 16.6. The Labute approximate surface area is 106 Å². The Balaban J connectivity index is 2.38. The molecule has 0 saturated carbocycles. The summed E-state index contributed by atoms with van der Waals surface area (Å²) in [6.45, 7) is 1.96. The van der Waals surface area contributed by atoms with Gasteiger partial charge in [-0.05, 0) is 35.8 Å². The number of nitrogens with zero attached hydrogens (tertiary/aromatic N) is 1. The molecule has 0 aromatic heterocycles. The Hall–Kier alpha value is -2.42. The molecule has 0 aliphatic carbocycles. The first kappa shape index (κ1) is 12.0. The van der Waals surface area contributed by atoms with Crippen molar-refractivity contribution in [1.29, 1.82) is 0 Å². The van der Waals surface area contributed by atoms with Crippen molar-refractivity contribution in [2.24, 2.45) is 0 Å². The first-order chi connectivity index (χ1) is 8.72. The summed E-state index contributed by atoms with van der Waals surface area (Å²) in [5, 5.41) is 10.6. The van der Waals surface area contributed by atoms with Gasteiger partial charge in [-0.3, -0.25) is 10.1 Å². The number of non-ortho nitro benzene ring substituents is 1. The minimum atomic E-state index is -0.387. The summed E-state index contributed by atoms with van der Waals surface area (Å²) in [6.07, 6.45) is 2.01. The Morgan fingerprint density at radius 3 is 2.06 bits per heavy atom. The predicted octanol–water partition coefficient (Wildman–Crippen LogP) is 4.05. The van der Waals surface area contributed by atoms with Crippen molar-refractivity contribution in [2.75, 3.05) is 0 Å². The molecule has 0 saturated heterocycles.